The first kappa shape index (κ1) is 11.6. The first-order valence-electron chi connectivity index (χ1n) is 5.74. The number of rotatable bonds is 2. The molecule has 0 atom stereocenters. The Balaban J connectivity index is 1.88. The SMILES string of the molecule is Cc1ccc(CC(=O)N2CCC(N)CC2)s1. The molecule has 0 aliphatic carbocycles. The van der Waals surface area contributed by atoms with Crippen LogP contribution in [0.1, 0.15) is 22.6 Å². The molecule has 1 aromatic heterocycles. The van der Waals surface area contributed by atoms with Crippen molar-refractivity contribution < 1.29 is 4.79 Å². The highest BCUT2D eigenvalue weighted by Crippen LogP contribution is 2.17. The minimum absolute atomic E-state index is 0.244. The summed E-state index contributed by atoms with van der Waals surface area (Å²) in [6, 6.07) is 4.40. The highest BCUT2D eigenvalue weighted by atomic mass is 32.1. The average Bonchev–Trinajstić information content (AvgIpc) is 2.65. The van der Waals surface area contributed by atoms with Gasteiger partial charge in [-0.2, -0.15) is 0 Å². The second kappa shape index (κ2) is 4.97. The summed E-state index contributed by atoms with van der Waals surface area (Å²) in [6.07, 6.45) is 2.43. The molecule has 1 aliphatic heterocycles. The maximum atomic E-state index is 12.0. The monoisotopic (exact) mass is 238 g/mol. The lowest BCUT2D eigenvalue weighted by atomic mass is 10.1. The van der Waals surface area contributed by atoms with E-state index in [9.17, 15) is 4.79 Å². The number of nitrogens with zero attached hydrogens (tertiary/aromatic N) is 1. The standard InChI is InChI=1S/C12H18N2OS/c1-9-2-3-11(16-9)8-12(15)14-6-4-10(13)5-7-14/h2-3,10H,4-8,13H2,1H3. The number of aryl methyl sites for hydroxylation is 1. The third-order valence-corrected chi connectivity index (χ3v) is 4.01. The lowest BCUT2D eigenvalue weighted by Crippen LogP contribution is -2.43. The largest absolute Gasteiger partial charge is 0.342 e. The summed E-state index contributed by atoms with van der Waals surface area (Å²) in [6.45, 7) is 3.72. The Morgan fingerprint density at radius 2 is 2.19 bits per heavy atom. The van der Waals surface area contributed by atoms with Crippen molar-refractivity contribution in [3.8, 4) is 0 Å². The van der Waals surface area contributed by atoms with E-state index in [1.165, 1.54) is 4.88 Å². The van der Waals surface area contributed by atoms with Crippen molar-refractivity contribution in [1.29, 1.82) is 0 Å². The summed E-state index contributed by atoms with van der Waals surface area (Å²) in [5.41, 5.74) is 5.82. The zero-order chi connectivity index (χ0) is 11.5. The number of carbonyl (C=O) groups excluding carboxylic acids is 1. The first-order valence-corrected chi connectivity index (χ1v) is 6.55. The Bertz CT molecular complexity index is 367. The number of amides is 1. The Morgan fingerprint density at radius 1 is 1.50 bits per heavy atom. The van der Waals surface area contributed by atoms with E-state index in [0.717, 1.165) is 30.8 Å². The number of likely N-dealkylation sites (tertiary alicyclic amines) is 1. The van der Waals surface area contributed by atoms with E-state index in [4.69, 9.17) is 5.73 Å². The minimum Gasteiger partial charge on any atom is -0.342 e. The van der Waals surface area contributed by atoms with Gasteiger partial charge in [0.2, 0.25) is 5.91 Å². The van der Waals surface area contributed by atoms with E-state index in [2.05, 4.69) is 13.0 Å². The summed E-state index contributed by atoms with van der Waals surface area (Å²) >= 11 is 1.71. The fraction of sp³-hybridized carbons (Fsp3) is 0.583. The normalized spacial score (nSPS) is 17.8. The van der Waals surface area contributed by atoms with Gasteiger partial charge in [0, 0.05) is 28.9 Å². The van der Waals surface area contributed by atoms with Crippen LogP contribution < -0.4 is 5.73 Å². The molecule has 2 heterocycles. The van der Waals surface area contributed by atoms with E-state index in [1.54, 1.807) is 11.3 Å². The predicted molar refractivity (Wildman–Crippen MR) is 66.5 cm³/mol. The molecule has 1 aromatic rings. The molecular weight excluding hydrogens is 220 g/mol. The topological polar surface area (TPSA) is 46.3 Å². The van der Waals surface area contributed by atoms with Crippen molar-refractivity contribution in [2.75, 3.05) is 13.1 Å². The number of nitrogens with two attached hydrogens (primary N) is 1. The summed E-state index contributed by atoms with van der Waals surface area (Å²) < 4.78 is 0. The van der Waals surface area contributed by atoms with Crippen LogP contribution in [0.3, 0.4) is 0 Å². The summed E-state index contributed by atoms with van der Waals surface area (Å²) in [5.74, 6) is 0.244. The molecule has 0 saturated carbocycles. The van der Waals surface area contributed by atoms with E-state index < -0.39 is 0 Å². The maximum absolute atomic E-state index is 12.0. The zero-order valence-electron chi connectivity index (χ0n) is 9.61. The quantitative estimate of drug-likeness (QED) is 0.849. The van der Waals surface area contributed by atoms with Gasteiger partial charge in [-0.15, -0.1) is 11.3 Å². The molecule has 88 valence electrons. The van der Waals surface area contributed by atoms with Crippen LogP contribution in [0.15, 0.2) is 12.1 Å². The maximum Gasteiger partial charge on any atom is 0.227 e. The van der Waals surface area contributed by atoms with Crippen molar-refractivity contribution in [2.45, 2.75) is 32.2 Å². The second-order valence-corrected chi connectivity index (χ2v) is 5.78. The molecule has 1 fully saturated rings. The molecule has 16 heavy (non-hydrogen) atoms. The summed E-state index contributed by atoms with van der Waals surface area (Å²) in [4.78, 5) is 16.3. The highest BCUT2D eigenvalue weighted by molar-refractivity contribution is 7.12. The average molecular weight is 238 g/mol. The van der Waals surface area contributed by atoms with Crippen molar-refractivity contribution in [3.63, 3.8) is 0 Å². The molecule has 0 spiro atoms. The van der Waals surface area contributed by atoms with Gasteiger partial charge >= 0.3 is 0 Å². The smallest absolute Gasteiger partial charge is 0.227 e. The predicted octanol–water partition coefficient (Wildman–Crippen LogP) is 1.55. The number of hydrogen-bond acceptors (Lipinski definition) is 3. The number of piperidine rings is 1. The Morgan fingerprint density at radius 3 is 2.75 bits per heavy atom. The number of hydrogen-bond donors (Lipinski definition) is 1. The van der Waals surface area contributed by atoms with Crippen LogP contribution in [-0.2, 0) is 11.2 Å². The molecule has 1 saturated heterocycles. The van der Waals surface area contributed by atoms with Crippen LogP contribution in [0, 0.1) is 6.92 Å². The molecule has 2 rings (SSSR count). The Labute approximate surface area is 100 Å². The second-order valence-electron chi connectivity index (χ2n) is 4.41. The van der Waals surface area contributed by atoms with Crippen molar-refractivity contribution in [2.24, 2.45) is 5.73 Å². The van der Waals surface area contributed by atoms with E-state index >= 15 is 0 Å². The van der Waals surface area contributed by atoms with Gasteiger partial charge in [-0.3, -0.25) is 4.79 Å². The molecular formula is C12H18N2OS. The number of carbonyl (C=O) groups is 1. The number of thiophene rings is 1. The van der Waals surface area contributed by atoms with Gasteiger partial charge in [0.15, 0.2) is 0 Å². The molecule has 3 nitrogen and oxygen atoms in total. The van der Waals surface area contributed by atoms with Crippen LogP contribution in [-0.4, -0.2) is 29.9 Å². The van der Waals surface area contributed by atoms with Gasteiger partial charge in [0.1, 0.15) is 0 Å². The van der Waals surface area contributed by atoms with E-state index in [-0.39, 0.29) is 11.9 Å². The van der Waals surface area contributed by atoms with Gasteiger partial charge in [-0.25, -0.2) is 0 Å². The minimum atomic E-state index is 0.244. The molecule has 0 aromatic carbocycles. The van der Waals surface area contributed by atoms with Crippen LogP contribution in [0.5, 0.6) is 0 Å². The third-order valence-electron chi connectivity index (χ3n) is 3.01. The highest BCUT2D eigenvalue weighted by Gasteiger charge is 2.20. The van der Waals surface area contributed by atoms with Gasteiger partial charge in [-0.1, -0.05) is 0 Å². The molecule has 0 unspecified atom stereocenters. The van der Waals surface area contributed by atoms with Crippen molar-refractivity contribution in [1.82, 2.24) is 4.90 Å². The molecule has 1 amide bonds. The van der Waals surface area contributed by atoms with E-state index in [0.29, 0.717) is 6.42 Å². The Kier molecular flexibility index (Phi) is 3.61. The molecule has 0 radical (unpaired) electrons. The van der Waals surface area contributed by atoms with Gasteiger partial charge in [-0.05, 0) is 31.9 Å². The van der Waals surface area contributed by atoms with Gasteiger partial charge < -0.3 is 10.6 Å². The lowest BCUT2D eigenvalue weighted by Gasteiger charge is -2.30. The van der Waals surface area contributed by atoms with Gasteiger partial charge in [0.25, 0.3) is 0 Å². The third kappa shape index (κ3) is 2.83. The van der Waals surface area contributed by atoms with Crippen LogP contribution in [0.4, 0.5) is 0 Å². The van der Waals surface area contributed by atoms with E-state index in [1.807, 2.05) is 11.0 Å². The molecule has 2 N–H and O–H groups in total. The van der Waals surface area contributed by atoms with Crippen LogP contribution in [0.25, 0.3) is 0 Å². The lowest BCUT2D eigenvalue weighted by molar-refractivity contribution is -0.131. The van der Waals surface area contributed by atoms with Crippen LogP contribution >= 0.6 is 11.3 Å². The summed E-state index contributed by atoms with van der Waals surface area (Å²) in [5, 5.41) is 0. The Hall–Kier alpha value is -0.870. The van der Waals surface area contributed by atoms with Gasteiger partial charge in [0.05, 0.1) is 6.42 Å². The fourth-order valence-electron chi connectivity index (χ4n) is 1.99. The molecule has 0 bridgehead atoms. The molecule has 1 aliphatic rings. The zero-order valence-corrected chi connectivity index (χ0v) is 10.4. The van der Waals surface area contributed by atoms with Crippen LogP contribution in [0.2, 0.25) is 0 Å². The van der Waals surface area contributed by atoms with Crippen molar-refractivity contribution >= 4 is 17.2 Å². The fourth-order valence-corrected chi connectivity index (χ4v) is 2.87. The summed E-state index contributed by atoms with van der Waals surface area (Å²) in [7, 11) is 0. The first-order chi connectivity index (χ1) is 7.65. The van der Waals surface area contributed by atoms with Crippen molar-refractivity contribution in [3.05, 3.63) is 21.9 Å². The molecule has 4 heteroatoms.